The molecule has 8 atom stereocenters. The van der Waals surface area contributed by atoms with Crippen LogP contribution in [-0.4, -0.2) is 147 Å². The summed E-state index contributed by atoms with van der Waals surface area (Å²) in [6.45, 7) is 19.7. The minimum atomic E-state index is -0.909. The number of nitrogens with zero attached hydrogens (tertiary/aromatic N) is 3. The predicted molar refractivity (Wildman–Crippen MR) is 238 cm³/mol. The van der Waals surface area contributed by atoms with E-state index in [0.29, 0.717) is 45.3 Å². The van der Waals surface area contributed by atoms with E-state index in [4.69, 9.17) is 18.9 Å². The molecule has 16 heteroatoms. The normalized spacial score (nSPS) is 17.5. The summed E-state index contributed by atoms with van der Waals surface area (Å²) in [6, 6.07) is 6.03. The molecule has 352 valence electrons. The van der Waals surface area contributed by atoms with E-state index in [-0.39, 0.29) is 42.5 Å². The maximum atomic E-state index is 14.4. The van der Waals surface area contributed by atoms with Crippen LogP contribution in [0, 0.1) is 17.8 Å². The van der Waals surface area contributed by atoms with Crippen LogP contribution >= 0.6 is 0 Å². The van der Waals surface area contributed by atoms with E-state index in [1.807, 2.05) is 71.9 Å². The number of likely N-dealkylation sites (tertiary alicyclic amines) is 1. The molecule has 0 bridgehead atoms. The van der Waals surface area contributed by atoms with Gasteiger partial charge in [0.05, 0.1) is 43.7 Å². The maximum Gasteiger partial charge on any atom is 0.407 e. The fraction of sp³-hybridized carbons (Fsp3) is 0.739. The van der Waals surface area contributed by atoms with Gasteiger partial charge in [-0.3, -0.25) is 14.4 Å². The van der Waals surface area contributed by atoms with Crippen molar-refractivity contribution in [3.63, 3.8) is 0 Å². The summed E-state index contributed by atoms with van der Waals surface area (Å²) in [6.07, 6.45) is 0.809. The number of esters is 1. The molecule has 6 amide bonds. The van der Waals surface area contributed by atoms with E-state index in [0.717, 1.165) is 5.56 Å². The Bertz CT molecular complexity index is 1590. The van der Waals surface area contributed by atoms with Gasteiger partial charge in [0.25, 0.3) is 0 Å². The van der Waals surface area contributed by atoms with Gasteiger partial charge in [-0.15, -0.1) is 0 Å². The van der Waals surface area contributed by atoms with Gasteiger partial charge in [0.15, 0.2) is 0 Å². The van der Waals surface area contributed by atoms with Gasteiger partial charge in [-0.25, -0.2) is 14.4 Å². The van der Waals surface area contributed by atoms with Crippen LogP contribution in [0.4, 0.5) is 9.59 Å². The predicted octanol–water partition coefficient (Wildman–Crippen LogP) is 5.17. The van der Waals surface area contributed by atoms with E-state index in [2.05, 4.69) is 16.0 Å². The molecule has 0 spiro atoms. The highest BCUT2D eigenvalue weighted by atomic mass is 16.6. The molecule has 1 fully saturated rings. The highest BCUT2D eigenvalue weighted by Crippen LogP contribution is 2.30. The lowest BCUT2D eigenvalue weighted by molar-refractivity contribution is -0.148. The number of ether oxygens (including phenoxy) is 4. The Hall–Kier alpha value is -4.44. The molecule has 1 aliphatic rings. The molecular weight excluding hydrogens is 797 g/mol. The van der Waals surface area contributed by atoms with Gasteiger partial charge in [-0.05, 0) is 71.3 Å². The molecule has 0 radical (unpaired) electrons. The van der Waals surface area contributed by atoms with Crippen LogP contribution in [0.15, 0.2) is 30.3 Å². The molecule has 0 unspecified atom stereocenters. The average molecular weight is 875 g/mol. The summed E-state index contributed by atoms with van der Waals surface area (Å²) in [5.74, 6) is -2.53. The third-order valence-electron chi connectivity index (χ3n) is 11.7. The molecule has 62 heavy (non-hydrogen) atoms. The number of methoxy groups -OCH3 is 3. The lowest BCUT2D eigenvalue weighted by Crippen LogP contribution is -2.59. The second-order valence-corrected chi connectivity index (χ2v) is 18.1. The summed E-state index contributed by atoms with van der Waals surface area (Å²) >= 11 is 0. The number of hydrogen-bond acceptors (Lipinski definition) is 10. The largest absolute Gasteiger partial charge is 0.467 e. The van der Waals surface area contributed by atoms with Gasteiger partial charge < -0.3 is 49.6 Å². The summed E-state index contributed by atoms with van der Waals surface area (Å²) in [5.41, 5.74) is 0.239. The van der Waals surface area contributed by atoms with Crippen LogP contribution in [-0.2, 0) is 44.5 Å². The first-order chi connectivity index (χ1) is 29.1. The Kier molecular flexibility index (Phi) is 22.2. The number of carbonyl (C=O) groups is 6. The molecule has 3 N–H and O–H groups in total. The molecule has 2 rings (SSSR count). The van der Waals surface area contributed by atoms with Crippen molar-refractivity contribution in [3.05, 3.63) is 35.9 Å². The Morgan fingerprint density at radius 3 is 2.10 bits per heavy atom. The van der Waals surface area contributed by atoms with Crippen LogP contribution in [0.5, 0.6) is 0 Å². The molecule has 1 aromatic rings. The third kappa shape index (κ3) is 16.0. The van der Waals surface area contributed by atoms with Crippen molar-refractivity contribution in [1.82, 2.24) is 30.7 Å². The molecule has 0 aromatic heterocycles. The number of benzene rings is 1. The first-order valence-electron chi connectivity index (χ1n) is 22.2. The number of carbonyl (C=O) groups excluding carboxylic acids is 6. The molecule has 1 saturated heterocycles. The van der Waals surface area contributed by atoms with Gasteiger partial charge in [0.2, 0.25) is 17.7 Å². The number of alkyl carbamates (subject to hydrolysis) is 1. The summed E-state index contributed by atoms with van der Waals surface area (Å²) in [4.78, 5) is 86.1. The van der Waals surface area contributed by atoms with Crippen molar-refractivity contribution in [1.29, 1.82) is 0 Å². The Morgan fingerprint density at radius 2 is 1.56 bits per heavy atom. The van der Waals surface area contributed by atoms with Crippen molar-refractivity contribution in [2.45, 2.75) is 156 Å². The number of amides is 6. The standard InChI is InChI=1S/C46H78N6O10/c1-15-31(6)39(50(11)42(55)38(29(2)3)49-44(57)51(30(4)5)26-20-24-47-45(58)62-46(8,9)10)36(59-12)28-37(53)52-25-19-23-35(52)40(60-13)32(7)41(54)48-34(43(56)61-14)27-33-21-17-16-18-22-33/h16-18,21-22,29-32,34-36,38-40H,15,19-20,23-28H2,1-14H3,(H,47,58)(H,48,54)(H,49,57)/t31-,32+,34-,35-,36+,38-,39-,40+/m0/s1. The lowest BCUT2D eigenvalue weighted by Gasteiger charge is -2.41. The SMILES string of the molecule is CC[C@H](C)[C@@H]([C@@H](CC(=O)N1CCC[C@H]1[C@H](OC)[C@@H](C)C(=O)N[C@@H](Cc1ccccc1)C(=O)OC)OC)N(C)C(=O)[C@@H](NC(=O)N(CCCNC(=O)OC(C)(C)C)C(C)C)C(C)C. The van der Waals surface area contributed by atoms with Gasteiger partial charge in [0.1, 0.15) is 17.7 Å². The van der Waals surface area contributed by atoms with Crippen LogP contribution in [0.3, 0.4) is 0 Å². The van der Waals surface area contributed by atoms with Crippen molar-refractivity contribution in [2.75, 3.05) is 48.0 Å². The zero-order chi connectivity index (χ0) is 46.9. The van der Waals surface area contributed by atoms with Gasteiger partial charge in [-0.2, -0.15) is 0 Å². The smallest absolute Gasteiger partial charge is 0.407 e. The summed E-state index contributed by atoms with van der Waals surface area (Å²) < 4.78 is 22.3. The van der Waals surface area contributed by atoms with Crippen molar-refractivity contribution < 1.29 is 47.7 Å². The van der Waals surface area contributed by atoms with Crippen molar-refractivity contribution in [3.8, 4) is 0 Å². The molecule has 1 heterocycles. The van der Waals surface area contributed by atoms with E-state index in [1.54, 1.807) is 49.4 Å². The zero-order valence-electron chi connectivity index (χ0n) is 39.9. The topological polar surface area (TPSA) is 185 Å². The first-order valence-corrected chi connectivity index (χ1v) is 22.2. The summed E-state index contributed by atoms with van der Waals surface area (Å²) in [5, 5.41) is 8.57. The zero-order valence-corrected chi connectivity index (χ0v) is 39.9. The molecule has 1 aliphatic heterocycles. The van der Waals surface area contributed by atoms with Crippen LogP contribution in [0.2, 0.25) is 0 Å². The number of urea groups is 1. The Morgan fingerprint density at radius 1 is 0.919 bits per heavy atom. The van der Waals surface area contributed by atoms with Gasteiger partial charge >= 0.3 is 18.1 Å². The van der Waals surface area contributed by atoms with Gasteiger partial charge in [0, 0.05) is 53.4 Å². The molecule has 1 aromatic carbocycles. The average Bonchev–Trinajstić information content (AvgIpc) is 3.70. The van der Waals surface area contributed by atoms with E-state index >= 15 is 0 Å². The summed E-state index contributed by atoms with van der Waals surface area (Å²) in [7, 11) is 6.02. The maximum absolute atomic E-state index is 14.4. The number of rotatable bonds is 23. The highest BCUT2D eigenvalue weighted by molar-refractivity contribution is 5.88. The van der Waals surface area contributed by atoms with E-state index in [9.17, 15) is 28.8 Å². The third-order valence-corrected chi connectivity index (χ3v) is 11.7. The van der Waals surface area contributed by atoms with Crippen LogP contribution in [0.25, 0.3) is 0 Å². The van der Waals surface area contributed by atoms with Crippen molar-refractivity contribution >= 4 is 35.8 Å². The van der Waals surface area contributed by atoms with Crippen LogP contribution < -0.4 is 16.0 Å². The monoisotopic (exact) mass is 875 g/mol. The number of likely N-dealkylation sites (N-methyl/N-ethyl adjacent to an activating group) is 1. The molecule has 0 aliphatic carbocycles. The minimum Gasteiger partial charge on any atom is -0.467 e. The van der Waals surface area contributed by atoms with Gasteiger partial charge in [-0.1, -0.05) is 71.4 Å². The van der Waals surface area contributed by atoms with E-state index < -0.39 is 71.9 Å². The Balaban J connectivity index is 2.23. The quantitative estimate of drug-likeness (QED) is 0.0980. The lowest BCUT2D eigenvalue weighted by atomic mass is 9.89. The molecule has 16 nitrogen and oxygen atoms in total. The number of hydrogen-bond donors (Lipinski definition) is 3. The Labute approximate surface area is 370 Å². The first kappa shape index (κ1) is 53.7. The van der Waals surface area contributed by atoms with Crippen LogP contribution in [0.1, 0.15) is 107 Å². The highest BCUT2D eigenvalue weighted by Gasteiger charge is 2.43. The second kappa shape index (κ2) is 25.6. The van der Waals surface area contributed by atoms with Crippen molar-refractivity contribution in [2.24, 2.45) is 17.8 Å². The van der Waals surface area contributed by atoms with E-state index in [1.165, 1.54) is 21.3 Å². The fourth-order valence-corrected chi connectivity index (χ4v) is 8.09. The fourth-order valence-electron chi connectivity index (χ4n) is 8.09. The number of nitrogens with one attached hydrogen (secondary N) is 3. The second-order valence-electron chi connectivity index (χ2n) is 18.1. The molecular formula is C46H78N6O10. The minimum absolute atomic E-state index is 0.0324. The molecule has 0 saturated carbocycles.